The van der Waals surface area contributed by atoms with E-state index >= 15 is 0 Å². The van der Waals surface area contributed by atoms with Gasteiger partial charge in [-0.1, -0.05) is 17.1 Å². The number of anilines is 2. The van der Waals surface area contributed by atoms with Crippen LogP contribution in [0, 0.1) is 12.1 Å². The quantitative estimate of drug-likeness (QED) is 0.622. The van der Waals surface area contributed by atoms with Crippen molar-refractivity contribution in [2.45, 2.75) is 6.92 Å². The van der Waals surface area contributed by atoms with E-state index in [4.69, 9.17) is 5.73 Å². The summed E-state index contributed by atoms with van der Waals surface area (Å²) in [6.07, 6.45) is 7.75. The Morgan fingerprint density at radius 1 is 1.56 bits per heavy atom. The zero-order valence-corrected chi connectivity index (χ0v) is 10.3. The molecule has 0 unspecified atom stereocenters. The van der Waals surface area contributed by atoms with E-state index in [2.05, 4.69) is 20.9 Å². The summed E-state index contributed by atoms with van der Waals surface area (Å²) in [4.78, 5) is 6.13. The van der Waals surface area contributed by atoms with Gasteiger partial charge in [-0.2, -0.15) is 0 Å². The lowest BCUT2D eigenvalue weighted by Gasteiger charge is -2.20. The lowest BCUT2D eigenvalue weighted by molar-refractivity contribution is -0.601. The fourth-order valence-corrected chi connectivity index (χ4v) is 1.92. The zero-order chi connectivity index (χ0) is 11.7. The molecule has 0 atom stereocenters. The van der Waals surface area contributed by atoms with Crippen LogP contribution in [-0.4, -0.2) is 11.5 Å². The predicted octanol–water partition coefficient (Wildman–Crippen LogP) is 1.26. The van der Waals surface area contributed by atoms with E-state index in [-0.39, 0.29) is 5.82 Å². The Morgan fingerprint density at radius 2 is 2.31 bits per heavy atom. The lowest BCUT2D eigenvalue weighted by Crippen LogP contribution is -2.37. The molecular weight excluding hydrogens is 272 g/mol. The fraction of sp³-hybridized carbons (Fsp3) is 0.200. The maximum Gasteiger partial charge on any atom is 0.239 e. The average Bonchev–Trinajstić information content (AvgIpc) is 2.32. The maximum absolute atomic E-state index is 11.5. The summed E-state index contributed by atoms with van der Waals surface area (Å²) in [6.45, 7) is 2.34. The van der Waals surface area contributed by atoms with E-state index in [1.807, 2.05) is 29.3 Å². The third-order valence-corrected chi connectivity index (χ3v) is 3.05. The van der Waals surface area contributed by atoms with E-state index < -0.39 is 0 Å². The smallest absolute Gasteiger partial charge is 0.239 e. The Morgan fingerprint density at radius 3 is 2.94 bits per heavy atom. The molecule has 1 aliphatic heterocycles. The number of hydrogen-bond acceptors (Lipinski definition) is 4. The predicted molar refractivity (Wildman–Crippen MR) is 65.7 cm³/mol. The number of rotatable bonds is 1. The van der Waals surface area contributed by atoms with Gasteiger partial charge in [0.15, 0.2) is 4.47 Å². The van der Waals surface area contributed by atoms with Gasteiger partial charge >= 0.3 is 0 Å². The number of nitrogens with two attached hydrogens (primary N) is 1. The van der Waals surface area contributed by atoms with Crippen molar-refractivity contribution in [1.82, 2.24) is 4.98 Å². The van der Waals surface area contributed by atoms with E-state index in [0.29, 0.717) is 27.4 Å². The summed E-state index contributed by atoms with van der Waals surface area (Å²) in [5.41, 5.74) is 5.68. The first-order valence-electron chi connectivity index (χ1n) is 4.76. The topological polar surface area (TPSA) is 69.1 Å². The van der Waals surface area contributed by atoms with Gasteiger partial charge < -0.3 is 15.8 Å². The summed E-state index contributed by atoms with van der Waals surface area (Å²) in [5.74, 6) is 1.12. The van der Waals surface area contributed by atoms with Crippen molar-refractivity contribution in [2.75, 3.05) is 17.2 Å². The Kier molecular flexibility index (Phi) is 2.82. The molecule has 0 saturated carbocycles. The first kappa shape index (κ1) is 10.9. The van der Waals surface area contributed by atoms with Gasteiger partial charge in [-0.25, -0.2) is 4.73 Å². The van der Waals surface area contributed by atoms with Gasteiger partial charge in [0.05, 0.1) is 0 Å². The number of aryl methyl sites for hydroxylation is 1. The van der Waals surface area contributed by atoms with E-state index in [1.165, 1.54) is 0 Å². The van der Waals surface area contributed by atoms with Crippen molar-refractivity contribution < 1.29 is 4.73 Å². The van der Waals surface area contributed by atoms with Crippen molar-refractivity contribution in [1.29, 1.82) is 0 Å². The minimum atomic E-state index is 0.130. The van der Waals surface area contributed by atoms with Crippen LogP contribution in [0.5, 0.6) is 0 Å². The molecule has 6 heteroatoms. The molecule has 0 aromatic carbocycles. The normalized spacial score (nSPS) is 14.5. The monoisotopic (exact) mass is 282 g/mol. The average molecular weight is 283 g/mol. The molecule has 1 aliphatic rings. The molecule has 5 nitrogen and oxygen atoms in total. The second-order valence-electron chi connectivity index (χ2n) is 3.40. The molecule has 84 valence electrons. The number of nitrogens with zero attached hydrogens (tertiary/aromatic N) is 3. The number of nitrogen functional groups attached to an aromatic ring is 1. The maximum atomic E-state index is 11.5. The number of aromatic nitrogens is 2. The SMILES string of the molecule is Cc1nc(N2C=CC=CC2)c(Br)c(N)[n+]1[O-]. The highest BCUT2D eigenvalue weighted by Gasteiger charge is 2.20. The summed E-state index contributed by atoms with van der Waals surface area (Å²) in [6, 6.07) is 0. The first-order chi connectivity index (χ1) is 7.61. The molecule has 0 radical (unpaired) electrons. The Bertz CT molecular complexity index is 484. The molecule has 0 fully saturated rings. The van der Waals surface area contributed by atoms with Crippen LogP contribution in [0.2, 0.25) is 0 Å². The van der Waals surface area contributed by atoms with Crippen LogP contribution in [0.3, 0.4) is 0 Å². The van der Waals surface area contributed by atoms with Crippen LogP contribution in [-0.2, 0) is 0 Å². The molecular formula is C10H11BrN4O. The molecule has 1 aromatic rings. The largest absolute Gasteiger partial charge is 0.740 e. The number of hydrogen-bond donors (Lipinski definition) is 1. The Labute approximate surface area is 102 Å². The first-order valence-corrected chi connectivity index (χ1v) is 5.55. The minimum absolute atomic E-state index is 0.130. The minimum Gasteiger partial charge on any atom is -0.740 e. The summed E-state index contributed by atoms with van der Waals surface area (Å²) >= 11 is 3.29. The van der Waals surface area contributed by atoms with Crippen molar-refractivity contribution in [3.63, 3.8) is 0 Å². The van der Waals surface area contributed by atoms with Crippen molar-refractivity contribution >= 4 is 27.6 Å². The van der Waals surface area contributed by atoms with Crippen molar-refractivity contribution in [3.05, 3.63) is 39.9 Å². The van der Waals surface area contributed by atoms with Gasteiger partial charge in [-0.15, -0.1) is 0 Å². The lowest BCUT2D eigenvalue weighted by atomic mass is 10.3. The van der Waals surface area contributed by atoms with E-state index in [0.717, 1.165) is 0 Å². The molecule has 0 aliphatic carbocycles. The number of allylic oxidation sites excluding steroid dienone is 2. The van der Waals surface area contributed by atoms with Gasteiger partial charge in [-0.05, 0) is 22.0 Å². The van der Waals surface area contributed by atoms with Crippen LogP contribution in [0.1, 0.15) is 5.82 Å². The standard InChI is InChI=1S/C10H11BrN4O/c1-7-13-10(8(11)9(12)15(7)16)14-5-3-2-4-6-14/h2-5H,6,12H2,1H3. The van der Waals surface area contributed by atoms with Crippen LogP contribution >= 0.6 is 15.9 Å². The summed E-state index contributed by atoms with van der Waals surface area (Å²) in [5, 5.41) is 11.5. The molecule has 16 heavy (non-hydrogen) atoms. The second kappa shape index (κ2) is 4.13. The van der Waals surface area contributed by atoms with Crippen LogP contribution in [0.25, 0.3) is 0 Å². The Balaban J connectivity index is 2.49. The molecule has 1 aromatic heterocycles. The highest BCUT2D eigenvalue weighted by Crippen LogP contribution is 2.28. The molecule has 2 heterocycles. The zero-order valence-electron chi connectivity index (χ0n) is 8.72. The molecule has 0 bridgehead atoms. The fourth-order valence-electron chi connectivity index (χ4n) is 1.44. The van der Waals surface area contributed by atoms with Crippen molar-refractivity contribution in [2.24, 2.45) is 0 Å². The van der Waals surface area contributed by atoms with Crippen LogP contribution in [0.15, 0.2) is 28.9 Å². The van der Waals surface area contributed by atoms with E-state index in [1.54, 1.807) is 6.92 Å². The second-order valence-corrected chi connectivity index (χ2v) is 4.19. The van der Waals surface area contributed by atoms with Crippen LogP contribution < -0.4 is 15.4 Å². The van der Waals surface area contributed by atoms with Gasteiger partial charge in [-0.3, -0.25) is 0 Å². The molecule has 0 spiro atoms. The van der Waals surface area contributed by atoms with Gasteiger partial charge in [0, 0.05) is 19.7 Å². The van der Waals surface area contributed by atoms with Gasteiger partial charge in [0.25, 0.3) is 0 Å². The van der Waals surface area contributed by atoms with E-state index in [9.17, 15) is 5.21 Å². The third kappa shape index (κ3) is 1.76. The highest BCUT2D eigenvalue weighted by atomic mass is 79.9. The third-order valence-electron chi connectivity index (χ3n) is 2.29. The van der Waals surface area contributed by atoms with Gasteiger partial charge in [0.2, 0.25) is 17.5 Å². The van der Waals surface area contributed by atoms with Crippen LogP contribution in [0.4, 0.5) is 11.6 Å². The number of halogens is 1. The summed E-state index contributed by atoms with van der Waals surface area (Å²) < 4.78 is 1.13. The highest BCUT2D eigenvalue weighted by molar-refractivity contribution is 9.10. The molecule has 0 amide bonds. The van der Waals surface area contributed by atoms with Gasteiger partial charge in [0.1, 0.15) is 0 Å². The molecule has 2 N–H and O–H groups in total. The Hall–Kier alpha value is -1.56. The van der Waals surface area contributed by atoms with Crippen molar-refractivity contribution in [3.8, 4) is 0 Å². The summed E-state index contributed by atoms with van der Waals surface area (Å²) in [7, 11) is 0. The molecule has 0 saturated heterocycles. The molecule has 2 rings (SSSR count).